The summed E-state index contributed by atoms with van der Waals surface area (Å²) in [7, 11) is 0. The second-order valence-electron chi connectivity index (χ2n) is 3.76. The summed E-state index contributed by atoms with van der Waals surface area (Å²) in [6.45, 7) is 2.10. The number of hydrogen-bond donors (Lipinski definition) is 0. The van der Waals surface area contributed by atoms with E-state index in [-0.39, 0.29) is 11.2 Å². The average molecular weight is 172 g/mol. The van der Waals surface area contributed by atoms with Crippen molar-refractivity contribution in [2.75, 3.05) is 0 Å². The number of allylic oxidation sites excluding steroid dienone is 2. The van der Waals surface area contributed by atoms with Crippen LogP contribution >= 0.6 is 0 Å². The quantitative estimate of drug-likeness (QED) is 0.636. The Labute approximate surface area is 78.1 Å². The van der Waals surface area contributed by atoms with Gasteiger partial charge in [0.05, 0.1) is 0 Å². The molecule has 1 aromatic carbocycles. The fourth-order valence-corrected chi connectivity index (χ4v) is 1.77. The van der Waals surface area contributed by atoms with Gasteiger partial charge in [0, 0.05) is 11.8 Å². The molecule has 1 aliphatic rings. The highest BCUT2D eigenvalue weighted by atomic mass is 16.1. The Bertz CT molecular complexity index is 351. The summed E-state index contributed by atoms with van der Waals surface area (Å²) in [6, 6.07) is 10.2. The van der Waals surface area contributed by atoms with Crippen LogP contribution in [0.1, 0.15) is 18.9 Å². The van der Waals surface area contributed by atoms with Gasteiger partial charge < -0.3 is 0 Å². The van der Waals surface area contributed by atoms with Gasteiger partial charge in [0.25, 0.3) is 0 Å². The van der Waals surface area contributed by atoms with Crippen LogP contribution in [0.5, 0.6) is 0 Å². The maximum Gasteiger partial charge on any atom is 0.156 e. The molecule has 0 saturated heterocycles. The maximum atomic E-state index is 11.1. The zero-order valence-corrected chi connectivity index (χ0v) is 7.66. The first-order chi connectivity index (χ1) is 6.21. The molecule has 0 saturated carbocycles. The molecule has 66 valence electrons. The number of ketones is 1. The predicted molar refractivity (Wildman–Crippen MR) is 52.6 cm³/mol. The van der Waals surface area contributed by atoms with Gasteiger partial charge in [-0.1, -0.05) is 43.3 Å². The first-order valence-corrected chi connectivity index (χ1v) is 4.48. The Morgan fingerprint density at radius 2 is 1.92 bits per heavy atom. The van der Waals surface area contributed by atoms with Crippen LogP contribution in [0.15, 0.2) is 42.5 Å². The number of carbonyl (C=O) groups excluding carboxylic acids is 1. The molecule has 0 amide bonds. The molecule has 0 aromatic heterocycles. The number of rotatable bonds is 1. The molecule has 2 rings (SSSR count). The predicted octanol–water partition coefficient (Wildman–Crippen LogP) is 2.47. The highest BCUT2D eigenvalue weighted by molar-refractivity contribution is 5.94. The smallest absolute Gasteiger partial charge is 0.156 e. The van der Waals surface area contributed by atoms with Crippen molar-refractivity contribution in [3.05, 3.63) is 48.0 Å². The molecule has 1 aliphatic carbocycles. The van der Waals surface area contributed by atoms with E-state index >= 15 is 0 Å². The summed E-state index contributed by atoms with van der Waals surface area (Å²) in [4.78, 5) is 11.1. The largest absolute Gasteiger partial charge is 0.295 e. The third kappa shape index (κ3) is 1.42. The first kappa shape index (κ1) is 8.24. The van der Waals surface area contributed by atoms with E-state index in [9.17, 15) is 4.79 Å². The van der Waals surface area contributed by atoms with Gasteiger partial charge in [-0.15, -0.1) is 0 Å². The van der Waals surface area contributed by atoms with Crippen LogP contribution in [0.2, 0.25) is 0 Å². The van der Waals surface area contributed by atoms with Crippen molar-refractivity contribution in [2.24, 2.45) is 0 Å². The van der Waals surface area contributed by atoms with E-state index in [0.717, 1.165) is 0 Å². The highest BCUT2D eigenvalue weighted by Crippen LogP contribution is 2.33. The topological polar surface area (TPSA) is 17.1 Å². The van der Waals surface area contributed by atoms with Crippen molar-refractivity contribution in [1.29, 1.82) is 0 Å². The molecule has 0 radical (unpaired) electrons. The molecule has 0 N–H and O–H groups in total. The third-order valence-corrected chi connectivity index (χ3v) is 2.61. The minimum atomic E-state index is -0.0711. The zero-order chi connectivity index (χ0) is 9.31. The van der Waals surface area contributed by atoms with E-state index < -0.39 is 0 Å². The van der Waals surface area contributed by atoms with Crippen LogP contribution in [0.3, 0.4) is 0 Å². The molecule has 0 heterocycles. The monoisotopic (exact) mass is 172 g/mol. The number of benzene rings is 1. The SMILES string of the molecule is CC1(c2ccccc2)C=CC(=O)C1. The van der Waals surface area contributed by atoms with Crippen LogP contribution in [0, 0.1) is 0 Å². The fraction of sp³-hybridized carbons (Fsp3) is 0.250. The summed E-state index contributed by atoms with van der Waals surface area (Å²) in [5.74, 6) is 0.228. The molecule has 0 aliphatic heterocycles. The molecule has 0 fully saturated rings. The summed E-state index contributed by atoms with van der Waals surface area (Å²) in [5, 5.41) is 0. The van der Waals surface area contributed by atoms with Crippen molar-refractivity contribution in [3.8, 4) is 0 Å². The highest BCUT2D eigenvalue weighted by Gasteiger charge is 2.30. The summed E-state index contributed by atoms with van der Waals surface area (Å²) in [6.07, 6.45) is 4.30. The van der Waals surface area contributed by atoms with Crippen molar-refractivity contribution in [2.45, 2.75) is 18.8 Å². The van der Waals surface area contributed by atoms with Gasteiger partial charge >= 0.3 is 0 Å². The number of carbonyl (C=O) groups is 1. The van der Waals surface area contributed by atoms with E-state index in [1.807, 2.05) is 24.3 Å². The maximum absolute atomic E-state index is 11.1. The minimum absolute atomic E-state index is 0.0711. The fourth-order valence-electron chi connectivity index (χ4n) is 1.77. The summed E-state index contributed by atoms with van der Waals surface area (Å²) >= 11 is 0. The van der Waals surface area contributed by atoms with Gasteiger partial charge in [-0.25, -0.2) is 0 Å². The Morgan fingerprint density at radius 1 is 1.23 bits per heavy atom. The van der Waals surface area contributed by atoms with Gasteiger partial charge in [0.2, 0.25) is 0 Å². The molecular weight excluding hydrogens is 160 g/mol. The second kappa shape index (κ2) is 2.84. The van der Waals surface area contributed by atoms with Crippen molar-refractivity contribution in [3.63, 3.8) is 0 Å². The first-order valence-electron chi connectivity index (χ1n) is 4.48. The minimum Gasteiger partial charge on any atom is -0.295 e. The lowest BCUT2D eigenvalue weighted by Gasteiger charge is -2.21. The molecule has 13 heavy (non-hydrogen) atoms. The Kier molecular flexibility index (Phi) is 1.80. The van der Waals surface area contributed by atoms with Crippen LogP contribution in [-0.4, -0.2) is 5.78 Å². The van der Waals surface area contributed by atoms with E-state index in [1.165, 1.54) is 5.56 Å². The summed E-state index contributed by atoms with van der Waals surface area (Å²) < 4.78 is 0. The van der Waals surface area contributed by atoms with E-state index in [1.54, 1.807) is 6.08 Å². The van der Waals surface area contributed by atoms with Crippen LogP contribution in [-0.2, 0) is 10.2 Å². The molecule has 0 spiro atoms. The molecule has 1 nitrogen and oxygen atoms in total. The van der Waals surface area contributed by atoms with E-state index in [0.29, 0.717) is 6.42 Å². The Hall–Kier alpha value is -1.37. The molecule has 1 unspecified atom stereocenters. The van der Waals surface area contributed by atoms with E-state index in [4.69, 9.17) is 0 Å². The van der Waals surface area contributed by atoms with Gasteiger partial charge in [0.1, 0.15) is 0 Å². The van der Waals surface area contributed by atoms with Crippen LogP contribution in [0.25, 0.3) is 0 Å². The standard InChI is InChI=1S/C12H12O/c1-12(8-7-11(13)9-12)10-5-3-2-4-6-10/h2-8H,9H2,1H3. The lowest BCUT2D eigenvalue weighted by molar-refractivity contribution is -0.114. The van der Waals surface area contributed by atoms with Crippen molar-refractivity contribution >= 4 is 5.78 Å². The van der Waals surface area contributed by atoms with Gasteiger partial charge in [-0.05, 0) is 11.6 Å². The Morgan fingerprint density at radius 3 is 2.46 bits per heavy atom. The molecule has 1 heteroatoms. The Balaban J connectivity index is 2.37. The van der Waals surface area contributed by atoms with Gasteiger partial charge in [0.15, 0.2) is 5.78 Å². The molecule has 0 bridgehead atoms. The third-order valence-electron chi connectivity index (χ3n) is 2.61. The van der Waals surface area contributed by atoms with Crippen molar-refractivity contribution < 1.29 is 4.79 Å². The summed E-state index contributed by atoms with van der Waals surface area (Å²) in [5.41, 5.74) is 1.15. The van der Waals surface area contributed by atoms with Gasteiger partial charge in [-0.2, -0.15) is 0 Å². The second-order valence-corrected chi connectivity index (χ2v) is 3.76. The molecule has 1 atom stereocenters. The van der Waals surface area contributed by atoms with E-state index in [2.05, 4.69) is 19.1 Å². The van der Waals surface area contributed by atoms with Crippen molar-refractivity contribution in [1.82, 2.24) is 0 Å². The average Bonchev–Trinajstić information content (AvgIpc) is 2.49. The lowest BCUT2D eigenvalue weighted by Crippen LogP contribution is -2.17. The van der Waals surface area contributed by atoms with Crippen LogP contribution in [0.4, 0.5) is 0 Å². The number of hydrogen-bond acceptors (Lipinski definition) is 1. The van der Waals surface area contributed by atoms with Gasteiger partial charge in [-0.3, -0.25) is 4.79 Å². The molecule has 1 aromatic rings. The zero-order valence-electron chi connectivity index (χ0n) is 7.66. The molecular formula is C12H12O. The normalized spacial score (nSPS) is 26.7. The van der Waals surface area contributed by atoms with Crippen LogP contribution < -0.4 is 0 Å². The lowest BCUT2D eigenvalue weighted by atomic mass is 9.82.